The SMILES string of the molecule is C[C@@]1(O)CC[C@@]2(C)C(CC[C@@H]3C2CC[C@]2(C)[C@@H](C(=O)COC(=O)Oc4ccc([N+](=O)[O-])cc4)CC[C@@H]32)C1. The Hall–Kier alpha value is -2.48. The zero-order valence-corrected chi connectivity index (χ0v) is 22.1. The van der Waals surface area contributed by atoms with Crippen LogP contribution in [0.15, 0.2) is 24.3 Å². The molecule has 0 spiro atoms. The second-order valence-corrected chi connectivity index (χ2v) is 12.9. The van der Waals surface area contributed by atoms with Crippen LogP contribution in [0.2, 0.25) is 0 Å². The first-order chi connectivity index (χ1) is 17.4. The van der Waals surface area contributed by atoms with Gasteiger partial charge in [0.05, 0.1) is 10.5 Å². The fourth-order valence-corrected chi connectivity index (χ4v) is 8.95. The molecule has 4 saturated carbocycles. The lowest BCUT2D eigenvalue weighted by atomic mass is 9.44. The average molecular weight is 514 g/mol. The van der Waals surface area contributed by atoms with Crippen molar-refractivity contribution in [2.24, 2.45) is 40.4 Å². The zero-order chi connectivity index (χ0) is 26.6. The number of carbonyl (C=O) groups excluding carboxylic acids is 2. The molecular weight excluding hydrogens is 474 g/mol. The lowest BCUT2D eigenvalue weighted by Crippen LogP contribution is -2.55. The molecule has 4 fully saturated rings. The van der Waals surface area contributed by atoms with E-state index in [1.54, 1.807) is 0 Å². The van der Waals surface area contributed by atoms with Crippen molar-refractivity contribution in [3.8, 4) is 5.75 Å². The molecule has 1 aromatic rings. The second kappa shape index (κ2) is 9.37. The molecule has 5 rings (SSSR count). The zero-order valence-electron chi connectivity index (χ0n) is 22.1. The Morgan fingerprint density at radius 3 is 2.38 bits per heavy atom. The van der Waals surface area contributed by atoms with Crippen LogP contribution in [-0.2, 0) is 9.53 Å². The van der Waals surface area contributed by atoms with Gasteiger partial charge in [0.1, 0.15) is 5.75 Å². The van der Waals surface area contributed by atoms with Crippen molar-refractivity contribution in [1.29, 1.82) is 0 Å². The maximum atomic E-state index is 13.3. The molecule has 8 atom stereocenters. The van der Waals surface area contributed by atoms with Crippen molar-refractivity contribution in [3.63, 3.8) is 0 Å². The first-order valence-corrected chi connectivity index (χ1v) is 13.8. The van der Waals surface area contributed by atoms with Crippen LogP contribution in [0.1, 0.15) is 78.6 Å². The number of ether oxygens (including phenoxy) is 2. The van der Waals surface area contributed by atoms with Gasteiger partial charge < -0.3 is 14.6 Å². The molecule has 0 aromatic heterocycles. The van der Waals surface area contributed by atoms with Gasteiger partial charge in [-0.25, -0.2) is 4.79 Å². The first-order valence-electron chi connectivity index (χ1n) is 13.8. The van der Waals surface area contributed by atoms with E-state index in [-0.39, 0.29) is 40.6 Å². The van der Waals surface area contributed by atoms with Gasteiger partial charge in [-0.3, -0.25) is 14.9 Å². The first kappa shape index (κ1) is 26.1. The van der Waals surface area contributed by atoms with Crippen LogP contribution in [0.4, 0.5) is 10.5 Å². The maximum absolute atomic E-state index is 13.3. The number of aliphatic hydroxyl groups is 1. The Morgan fingerprint density at radius 2 is 1.68 bits per heavy atom. The van der Waals surface area contributed by atoms with Gasteiger partial charge in [-0.1, -0.05) is 13.8 Å². The standard InChI is InChI=1S/C29H39NO7/c1-27(33)14-15-28(2)18(16-27)4-9-21-22-10-11-24(29(22,3)13-12-23(21)28)25(31)17-36-26(32)37-20-7-5-19(6-8-20)30(34)35/h5-8,18,21-24,33H,4,9-17H2,1-3H3/t18?,21-,22-,23?,24+,27+,28-,29-/m0/s1. The highest BCUT2D eigenvalue weighted by atomic mass is 16.7. The van der Waals surface area contributed by atoms with Crippen LogP contribution in [0.25, 0.3) is 0 Å². The molecule has 8 nitrogen and oxygen atoms in total. The van der Waals surface area contributed by atoms with Crippen molar-refractivity contribution in [3.05, 3.63) is 34.4 Å². The fourth-order valence-electron chi connectivity index (χ4n) is 8.95. The van der Waals surface area contributed by atoms with Crippen LogP contribution >= 0.6 is 0 Å². The summed E-state index contributed by atoms with van der Waals surface area (Å²) in [7, 11) is 0. The largest absolute Gasteiger partial charge is 0.514 e. The van der Waals surface area contributed by atoms with E-state index >= 15 is 0 Å². The third kappa shape index (κ3) is 4.66. The van der Waals surface area contributed by atoms with Gasteiger partial charge in [0, 0.05) is 18.1 Å². The number of nitrogens with zero attached hydrogens (tertiary/aromatic N) is 1. The maximum Gasteiger partial charge on any atom is 0.514 e. The van der Waals surface area contributed by atoms with E-state index in [0.29, 0.717) is 23.7 Å². The molecule has 1 N–H and O–H groups in total. The summed E-state index contributed by atoms with van der Waals surface area (Å²) in [6.45, 7) is 6.42. The summed E-state index contributed by atoms with van der Waals surface area (Å²) < 4.78 is 10.3. The number of ketones is 1. The Balaban J connectivity index is 1.19. The highest BCUT2D eigenvalue weighted by Gasteiger charge is 2.61. The van der Waals surface area contributed by atoms with Crippen molar-refractivity contribution in [2.45, 2.75) is 84.2 Å². The summed E-state index contributed by atoms with van der Waals surface area (Å²) in [5, 5.41) is 21.5. The normalized spacial score (nSPS) is 40.6. The van der Waals surface area contributed by atoms with Gasteiger partial charge >= 0.3 is 6.16 Å². The summed E-state index contributed by atoms with van der Waals surface area (Å²) in [6.07, 6.45) is 8.24. The number of rotatable bonds is 5. The van der Waals surface area contributed by atoms with Crippen LogP contribution < -0.4 is 4.74 Å². The highest BCUT2D eigenvalue weighted by Crippen LogP contribution is 2.68. The molecule has 1 aromatic carbocycles. The second-order valence-electron chi connectivity index (χ2n) is 12.9. The lowest BCUT2D eigenvalue weighted by molar-refractivity contribution is -0.384. The molecule has 37 heavy (non-hydrogen) atoms. The van der Waals surface area contributed by atoms with E-state index in [2.05, 4.69) is 13.8 Å². The van der Waals surface area contributed by atoms with Crippen LogP contribution in [0.3, 0.4) is 0 Å². The average Bonchev–Trinajstić information content (AvgIpc) is 3.20. The lowest BCUT2D eigenvalue weighted by Gasteiger charge is -2.61. The van der Waals surface area contributed by atoms with Gasteiger partial charge in [-0.15, -0.1) is 0 Å². The van der Waals surface area contributed by atoms with Gasteiger partial charge in [0.15, 0.2) is 12.4 Å². The fraction of sp³-hybridized carbons (Fsp3) is 0.724. The van der Waals surface area contributed by atoms with E-state index in [0.717, 1.165) is 51.4 Å². The minimum atomic E-state index is -0.981. The molecule has 0 amide bonds. The summed E-state index contributed by atoms with van der Waals surface area (Å²) in [5.41, 5.74) is -0.440. The van der Waals surface area contributed by atoms with Crippen molar-refractivity contribution >= 4 is 17.6 Å². The molecule has 0 saturated heterocycles. The molecule has 2 unspecified atom stereocenters. The van der Waals surface area contributed by atoms with Crippen LogP contribution in [0.5, 0.6) is 5.75 Å². The van der Waals surface area contributed by atoms with E-state index in [4.69, 9.17) is 9.47 Å². The summed E-state index contributed by atoms with van der Waals surface area (Å²) in [6, 6.07) is 5.14. The van der Waals surface area contributed by atoms with Gasteiger partial charge in [-0.05, 0) is 111 Å². The molecular formula is C29H39NO7. The number of fused-ring (bicyclic) bond motifs is 5. The Labute approximate surface area is 218 Å². The van der Waals surface area contributed by atoms with Gasteiger partial charge in [0.2, 0.25) is 0 Å². The Morgan fingerprint density at radius 1 is 0.973 bits per heavy atom. The van der Waals surface area contributed by atoms with Crippen LogP contribution in [0, 0.1) is 50.5 Å². The van der Waals surface area contributed by atoms with Gasteiger partial charge in [-0.2, -0.15) is 0 Å². The third-order valence-corrected chi connectivity index (χ3v) is 10.9. The summed E-state index contributed by atoms with van der Waals surface area (Å²) in [4.78, 5) is 35.7. The van der Waals surface area contributed by atoms with E-state index in [1.165, 1.54) is 30.7 Å². The third-order valence-electron chi connectivity index (χ3n) is 10.9. The van der Waals surface area contributed by atoms with E-state index in [1.807, 2.05) is 6.92 Å². The number of non-ortho nitro benzene ring substituents is 1. The van der Waals surface area contributed by atoms with E-state index < -0.39 is 16.7 Å². The van der Waals surface area contributed by atoms with Crippen molar-refractivity contribution < 1.29 is 29.1 Å². The summed E-state index contributed by atoms with van der Waals surface area (Å²) in [5.74, 6) is 2.32. The number of hydrogen-bond acceptors (Lipinski definition) is 7. The van der Waals surface area contributed by atoms with Crippen molar-refractivity contribution in [2.75, 3.05) is 6.61 Å². The molecule has 0 radical (unpaired) electrons. The Kier molecular flexibility index (Phi) is 6.62. The number of nitro groups is 1. The number of nitro benzene ring substituents is 1. The van der Waals surface area contributed by atoms with Gasteiger partial charge in [0.25, 0.3) is 5.69 Å². The van der Waals surface area contributed by atoms with E-state index in [9.17, 15) is 24.8 Å². The number of Topliss-reactive ketones (excluding diaryl/α,β-unsaturated/α-hetero) is 1. The molecule has 0 aliphatic heterocycles. The van der Waals surface area contributed by atoms with Crippen LogP contribution in [-0.4, -0.2) is 34.2 Å². The molecule has 202 valence electrons. The number of benzene rings is 1. The smallest absolute Gasteiger partial charge is 0.426 e. The topological polar surface area (TPSA) is 116 Å². The highest BCUT2D eigenvalue weighted by molar-refractivity contribution is 5.85. The predicted molar refractivity (Wildman–Crippen MR) is 136 cm³/mol. The molecule has 4 aliphatic rings. The molecule has 8 heteroatoms. The quantitative estimate of drug-likeness (QED) is 0.219. The molecule has 0 bridgehead atoms. The molecule has 0 heterocycles. The van der Waals surface area contributed by atoms with Crippen molar-refractivity contribution in [1.82, 2.24) is 0 Å². The summed E-state index contributed by atoms with van der Waals surface area (Å²) >= 11 is 0. The molecule has 4 aliphatic carbocycles. The monoisotopic (exact) mass is 513 g/mol. The number of carbonyl (C=O) groups is 2. The Bertz CT molecular complexity index is 1070. The minimum Gasteiger partial charge on any atom is -0.426 e. The number of hydrogen-bond donors (Lipinski definition) is 1. The minimum absolute atomic E-state index is 0.0438. The predicted octanol–water partition coefficient (Wildman–Crippen LogP) is 6.09.